The molecule has 1 amide bonds. The third kappa shape index (κ3) is 13.5. The van der Waals surface area contributed by atoms with Gasteiger partial charge in [-0.25, -0.2) is 9.97 Å². The molecule has 0 spiro atoms. The van der Waals surface area contributed by atoms with Crippen molar-refractivity contribution in [2.45, 2.75) is 129 Å². The molecule has 0 fully saturated rings. The molecule has 0 aliphatic rings. The molecule has 2 heterocycles. The lowest BCUT2D eigenvalue weighted by atomic mass is 10.0. The van der Waals surface area contributed by atoms with E-state index in [1.807, 2.05) is 0 Å². The van der Waals surface area contributed by atoms with E-state index in [2.05, 4.69) is 16.9 Å². The van der Waals surface area contributed by atoms with Crippen LogP contribution < -0.4 is 11.5 Å². The highest BCUT2D eigenvalue weighted by molar-refractivity contribution is 6.08. The van der Waals surface area contributed by atoms with E-state index in [-0.39, 0.29) is 36.5 Å². The molecule has 0 aliphatic heterocycles. The standard InChI is InChI=1S/C32H55N5O5/c1-4-5-6-7-8-9-10-11-12-13-14-15-16-17-21-41-22-19-28(38)42-24-26(40-3)18-20-37-23-27(31(34)39)29-30(33)35-25(2)36-32(29)37/h23,26H,4-22,24H2,1-3H3,(H2,34,39)(H2,33,35,36)/t26-/m0/s1. The van der Waals surface area contributed by atoms with Gasteiger partial charge in [-0.15, -0.1) is 0 Å². The summed E-state index contributed by atoms with van der Waals surface area (Å²) in [7, 11) is 1.57. The number of fused-ring (bicyclic) bond motifs is 1. The monoisotopic (exact) mass is 589 g/mol. The molecule has 10 nitrogen and oxygen atoms in total. The van der Waals surface area contributed by atoms with Crippen molar-refractivity contribution in [2.75, 3.05) is 32.7 Å². The maximum Gasteiger partial charge on any atom is 0.308 e. The van der Waals surface area contributed by atoms with Gasteiger partial charge in [-0.05, 0) is 19.8 Å². The third-order valence-electron chi connectivity index (χ3n) is 7.67. The van der Waals surface area contributed by atoms with Gasteiger partial charge >= 0.3 is 5.97 Å². The Bertz CT molecular complexity index is 1060. The molecule has 0 aromatic carbocycles. The summed E-state index contributed by atoms with van der Waals surface area (Å²) < 4.78 is 18.4. The molecule has 0 unspecified atom stereocenters. The van der Waals surface area contributed by atoms with Crippen LogP contribution in [0.5, 0.6) is 0 Å². The maximum atomic E-state index is 12.2. The van der Waals surface area contributed by atoms with Crippen molar-refractivity contribution in [2.24, 2.45) is 5.73 Å². The molecule has 0 saturated heterocycles. The Morgan fingerprint density at radius 2 is 1.50 bits per heavy atom. The van der Waals surface area contributed by atoms with E-state index in [9.17, 15) is 9.59 Å². The summed E-state index contributed by atoms with van der Waals surface area (Å²) in [6.07, 6.45) is 20.6. The van der Waals surface area contributed by atoms with Crippen molar-refractivity contribution in [1.82, 2.24) is 14.5 Å². The first kappa shape index (κ1) is 35.5. The van der Waals surface area contributed by atoms with Crippen LogP contribution in [-0.2, 0) is 25.5 Å². The van der Waals surface area contributed by atoms with Crippen LogP contribution in [0.15, 0.2) is 6.20 Å². The van der Waals surface area contributed by atoms with Crippen LogP contribution in [-0.4, -0.2) is 59.4 Å². The number of aromatic nitrogens is 3. The molecule has 2 aromatic rings. The zero-order valence-corrected chi connectivity index (χ0v) is 26.3. The molecule has 10 heteroatoms. The minimum Gasteiger partial charge on any atom is -0.463 e. The van der Waals surface area contributed by atoms with Crippen molar-refractivity contribution < 1.29 is 23.8 Å². The van der Waals surface area contributed by atoms with Gasteiger partial charge in [-0.3, -0.25) is 9.59 Å². The fourth-order valence-electron chi connectivity index (χ4n) is 5.15. The molecule has 238 valence electrons. The topological polar surface area (TPSA) is 145 Å². The number of nitrogens with two attached hydrogens (primary N) is 2. The number of carbonyl (C=O) groups is 2. The summed E-state index contributed by atoms with van der Waals surface area (Å²) in [5.74, 6) is -0.189. The van der Waals surface area contributed by atoms with Crippen molar-refractivity contribution in [3.05, 3.63) is 17.6 Å². The number of methoxy groups -OCH3 is 1. The molecule has 1 atom stereocenters. The van der Waals surface area contributed by atoms with E-state index >= 15 is 0 Å². The molecule has 0 aliphatic carbocycles. The first-order chi connectivity index (χ1) is 20.4. The highest BCUT2D eigenvalue weighted by Crippen LogP contribution is 2.25. The lowest BCUT2D eigenvalue weighted by Crippen LogP contribution is -2.23. The van der Waals surface area contributed by atoms with Crippen LogP contribution in [0.4, 0.5) is 5.82 Å². The number of esters is 1. The zero-order chi connectivity index (χ0) is 30.6. The first-order valence-corrected chi connectivity index (χ1v) is 16.1. The van der Waals surface area contributed by atoms with Crippen LogP contribution in [0.2, 0.25) is 0 Å². The van der Waals surface area contributed by atoms with Crippen molar-refractivity contribution in [1.29, 1.82) is 0 Å². The molecule has 0 bridgehead atoms. The van der Waals surface area contributed by atoms with Gasteiger partial charge in [0.05, 0.1) is 30.1 Å². The summed E-state index contributed by atoms with van der Waals surface area (Å²) in [5, 5.41) is 0.447. The second-order valence-corrected chi connectivity index (χ2v) is 11.2. The first-order valence-electron chi connectivity index (χ1n) is 16.1. The van der Waals surface area contributed by atoms with E-state index in [1.165, 1.54) is 83.5 Å². The van der Waals surface area contributed by atoms with Gasteiger partial charge in [-0.1, -0.05) is 90.4 Å². The summed E-state index contributed by atoms with van der Waals surface area (Å²) in [6, 6.07) is 0. The quantitative estimate of drug-likeness (QED) is 0.102. The number of anilines is 1. The molecule has 42 heavy (non-hydrogen) atoms. The number of nitrogen functional groups attached to an aromatic ring is 1. The van der Waals surface area contributed by atoms with Gasteiger partial charge in [0.1, 0.15) is 23.9 Å². The predicted molar refractivity (Wildman–Crippen MR) is 167 cm³/mol. The fraction of sp³-hybridized carbons (Fsp3) is 0.750. The minimum atomic E-state index is -0.596. The van der Waals surface area contributed by atoms with E-state index in [1.54, 1.807) is 24.8 Å². The number of rotatable bonds is 25. The van der Waals surface area contributed by atoms with Crippen LogP contribution in [0.1, 0.15) is 126 Å². The van der Waals surface area contributed by atoms with Gasteiger partial charge in [0.25, 0.3) is 5.91 Å². The highest BCUT2D eigenvalue weighted by atomic mass is 16.6. The lowest BCUT2D eigenvalue weighted by molar-refractivity contribution is -0.148. The third-order valence-corrected chi connectivity index (χ3v) is 7.67. The Labute approximate surface area is 252 Å². The molecule has 0 saturated carbocycles. The smallest absolute Gasteiger partial charge is 0.308 e. The minimum absolute atomic E-state index is 0.131. The summed E-state index contributed by atoms with van der Waals surface area (Å²) in [5.41, 5.74) is 12.4. The number of hydrogen-bond acceptors (Lipinski definition) is 8. The van der Waals surface area contributed by atoms with Gasteiger partial charge in [0.15, 0.2) is 0 Å². The second kappa shape index (κ2) is 21.0. The molecule has 4 N–H and O–H groups in total. The lowest BCUT2D eigenvalue weighted by Gasteiger charge is -2.16. The fourth-order valence-corrected chi connectivity index (χ4v) is 5.15. The Kier molecular flexibility index (Phi) is 17.8. The van der Waals surface area contributed by atoms with Gasteiger partial charge in [0.2, 0.25) is 0 Å². The van der Waals surface area contributed by atoms with Crippen LogP contribution >= 0.6 is 0 Å². The average molecular weight is 590 g/mol. The van der Waals surface area contributed by atoms with Crippen LogP contribution in [0.25, 0.3) is 11.0 Å². The maximum absolute atomic E-state index is 12.2. The molecule has 2 rings (SSSR count). The number of unbranched alkanes of at least 4 members (excludes halogenated alkanes) is 13. The van der Waals surface area contributed by atoms with Gasteiger partial charge in [0, 0.05) is 26.5 Å². The summed E-state index contributed by atoms with van der Waals surface area (Å²) >= 11 is 0. The van der Waals surface area contributed by atoms with E-state index in [4.69, 9.17) is 25.7 Å². The number of aryl methyl sites for hydroxylation is 2. The number of nitrogens with zero attached hydrogens (tertiary/aromatic N) is 3. The SMILES string of the molecule is CCCCCCCCCCCCCCCCOCCC(=O)OC[C@H](CCn1cc(C(N)=O)c2c(N)nc(C)nc21)OC. The Balaban J connectivity index is 1.51. The molecule has 2 aromatic heterocycles. The number of carbonyl (C=O) groups excluding carboxylic acids is 2. The number of amides is 1. The number of primary amides is 1. The van der Waals surface area contributed by atoms with Crippen LogP contribution in [0.3, 0.4) is 0 Å². The summed E-state index contributed by atoms with van der Waals surface area (Å²) in [6.45, 7) is 5.64. The Hall–Kier alpha value is -2.72. The molecule has 0 radical (unpaired) electrons. The average Bonchev–Trinajstić information content (AvgIpc) is 3.33. The van der Waals surface area contributed by atoms with Crippen molar-refractivity contribution >= 4 is 28.7 Å². The van der Waals surface area contributed by atoms with Gasteiger partial charge in [-0.2, -0.15) is 0 Å². The van der Waals surface area contributed by atoms with Crippen molar-refractivity contribution in [3.8, 4) is 0 Å². The second-order valence-electron chi connectivity index (χ2n) is 11.2. The van der Waals surface area contributed by atoms with E-state index < -0.39 is 5.91 Å². The van der Waals surface area contributed by atoms with E-state index in [0.717, 1.165) is 6.42 Å². The molecular formula is C32H55N5O5. The highest BCUT2D eigenvalue weighted by Gasteiger charge is 2.19. The number of ether oxygens (including phenoxy) is 3. The van der Waals surface area contributed by atoms with E-state index in [0.29, 0.717) is 43.0 Å². The largest absolute Gasteiger partial charge is 0.463 e. The molecular weight excluding hydrogens is 534 g/mol. The number of hydrogen-bond donors (Lipinski definition) is 2. The van der Waals surface area contributed by atoms with Crippen molar-refractivity contribution in [3.63, 3.8) is 0 Å². The Morgan fingerprint density at radius 1 is 0.905 bits per heavy atom. The van der Waals surface area contributed by atoms with Crippen LogP contribution in [0, 0.1) is 6.92 Å². The summed E-state index contributed by atoms with van der Waals surface area (Å²) in [4.78, 5) is 32.7. The van der Waals surface area contributed by atoms with Gasteiger partial charge < -0.3 is 30.2 Å². The normalized spacial score (nSPS) is 12.2. The zero-order valence-electron chi connectivity index (χ0n) is 26.3. The Morgan fingerprint density at radius 3 is 2.07 bits per heavy atom. The predicted octanol–water partition coefficient (Wildman–Crippen LogP) is 6.26.